The highest BCUT2D eigenvalue weighted by Crippen LogP contribution is 2.42. The van der Waals surface area contributed by atoms with Crippen LogP contribution in [0.25, 0.3) is 6.08 Å². The fourth-order valence-corrected chi connectivity index (χ4v) is 6.36. The summed E-state index contributed by atoms with van der Waals surface area (Å²) in [5.41, 5.74) is 2.89. The van der Waals surface area contributed by atoms with Crippen LogP contribution >= 0.6 is 11.8 Å². The van der Waals surface area contributed by atoms with Gasteiger partial charge in [-0.15, -0.1) is 0 Å². The Bertz CT molecular complexity index is 1230. The van der Waals surface area contributed by atoms with Crippen LogP contribution in [0.15, 0.2) is 83.8 Å². The van der Waals surface area contributed by atoms with Crippen LogP contribution in [-0.2, 0) is 11.4 Å². The van der Waals surface area contributed by atoms with E-state index >= 15 is 0 Å². The second-order valence-corrected chi connectivity index (χ2v) is 10.8. The number of nitrogens with zero attached hydrogens (tertiary/aromatic N) is 1. The molecule has 1 saturated carbocycles. The Balaban J connectivity index is 1.38. The molecule has 0 spiro atoms. The van der Waals surface area contributed by atoms with Gasteiger partial charge >= 0.3 is 0 Å². The van der Waals surface area contributed by atoms with E-state index in [1.807, 2.05) is 84.9 Å². The molecule has 3 atom stereocenters. The van der Waals surface area contributed by atoms with E-state index in [4.69, 9.17) is 9.47 Å². The van der Waals surface area contributed by atoms with E-state index in [1.165, 1.54) is 12.8 Å². The Morgan fingerprint density at radius 1 is 0.973 bits per heavy atom. The van der Waals surface area contributed by atoms with Crippen molar-refractivity contribution < 1.29 is 14.3 Å². The molecule has 5 rings (SSSR count). The molecule has 37 heavy (non-hydrogen) atoms. The number of ether oxygens (including phenoxy) is 2. The van der Waals surface area contributed by atoms with E-state index in [9.17, 15) is 4.79 Å². The monoisotopic (exact) mass is 514 g/mol. The molecule has 2 aliphatic rings. The van der Waals surface area contributed by atoms with Gasteiger partial charge in [-0.3, -0.25) is 4.79 Å². The van der Waals surface area contributed by atoms with Gasteiger partial charge in [-0.2, -0.15) is 0 Å². The average Bonchev–Trinajstić information content (AvgIpc) is 3.23. The first-order chi connectivity index (χ1) is 18.1. The van der Waals surface area contributed by atoms with Gasteiger partial charge in [0.1, 0.15) is 6.61 Å². The third kappa shape index (κ3) is 5.96. The van der Waals surface area contributed by atoms with Crippen molar-refractivity contribution in [2.75, 3.05) is 12.4 Å². The zero-order chi connectivity index (χ0) is 25.6. The number of para-hydroxylation sites is 1. The minimum Gasteiger partial charge on any atom is -0.493 e. The number of nitrogens with one attached hydrogen (secondary N) is 1. The molecule has 1 aliphatic carbocycles. The lowest BCUT2D eigenvalue weighted by Crippen LogP contribution is -2.48. The molecule has 5 nitrogen and oxygen atoms in total. The molecule has 3 aromatic rings. The van der Waals surface area contributed by atoms with Crippen LogP contribution in [0.4, 0.5) is 5.69 Å². The third-order valence-electron chi connectivity index (χ3n) is 7.15. The number of methoxy groups -OCH3 is 1. The second-order valence-electron chi connectivity index (χ2n) is 9.72. The van der Waals surface area contributed by atoms with Crippen LogP contribution in [0.1, 0.15) is 43.7 Å². The van der Waals surface area contributed by atoms with Crippen molar-refractivity contribution in [3.8, 4) is 11.5 Å². The van der Waals surface area contributed by atoms with Gasteiger partial charge in [-0.05, 0) is 60.2 Å². The van der Waals surface area contributed by atoms with Crippen molar-refractivity contribution in [1.29, 1.82) is 0 Å². The summed E-state index contributed by atoms with van der Waals surface area (Å²) in [7, 11) is 1.64. The molecule has 0 bridgehead atoms. The van der Waals surface area contributed by atoms with Crippen LogP contribution in [0, 0.1) is 5.92 Å². The molecule has 3 aromatic carbocycles. The van der Waals surface area contributed by atoms with Crippen LogP contribution in [0.2, 0.25) is 0 Å². The molecule has 2 fully saturated rings. The normalized spacial score (nSPS) is 22.8. The van der Waals surface area contributed by atoms with Crippen LogP contribution < -0.4 is 14.8 Å². The number of amides is 1. The van der Waals surface area contributed by atoms with Crippen molar-refractivity contribution in [2.45, 2.75) is 50.8 Å². The summed E-state index contributed by atoms with van der Waals surface area (Å²) in [6.07, 6.45) is 6.60. The average molecular weight is 515 g/mol. The van der Waals surface area contributed by atoms with Crippen molar-refractivity contribution in [3.05, 3.63) is 94.9 Å². The van der Waals surface area contributed by atoms with E-state index in [1.54, 1.807) is 18.9 Å². The maximum atomic E-state index is 13.8. The van der Waals surface area contributed by atoms with Crippen molar-refractivity contribution >= 4 is 29.4 Å². The Labute approximate surface area is 223 Å². The number of anilines is 1. The zero-order valence-electron chi connectivity index (χ0n) is 21.4. The van der Waals surface area contributed by atoms with Crippen molar-refractivity contribution in [2.24, 2.45) is 5.92 Å². The SMILES string of the molecule is COc1cc(/C=C2\SC(Nc3ccccc3)N([C@H]3CCCC[C@H]3C)C2=O)ccc1OCc1ccccc1. The van der Waals surface area contributed by atoms with E-state index in [2.05, 4.69) is 17.1 Å². The highest BCUT2D eigenvalue weighted by Gasteiger charge is 2.42. The molecule has 1 N–H and O–H groups in total. The number of carbonyl (C=O) groups is 1. The Morgan fingerprint density at radius 3 is 2.43 bits per heavy atom. The molecule has 1 amide bonds. The number of rotatable bonds is 8. The van der Waals surface area contributed by atoms with E-state index in [0.29, 0.717) is 24.0 Å². The Morgan fingerprint density at radius 2 is 1.70 bits per heavy atom. The lowest BCUT2D eigenvalue weighted by molar-refractivity contribution is -0.129. The van der Waals surface area contributed by atoms with Crippen LogP contribution in [-0.4, -0.2) is 29.5 Å². The van der Waals surface area contributed by atoms with Gasteiger partial charge in [0.15, 0.2) is 17.0 Å². The zero-order valence-corrected chi connectivity index (χ0v) is 22.2. The predicted octanol–water partition coefficient (Wildman–Crippen LogP) is 7.16. The standard InChI is InChI=1S/C31H34N2O3S/c1-22-11-9-10-16-26(22)33-30(34)29(37-31(33)32-25-14-7-4-8-15-25)20-24-17-18-27(28(19-24)35-2)36-21-23-12-5-3-6-13-23/h3-8,12-15,17-20,22,26,31-32H,9-11,16,21H2,1-2H3/b29-20-/t22-,26+,31?/m1/s1. The fraction of sp³-hybridized carbons (Fsp3) is 0.323. The Hall–Kier alpha value is -3.38. The van der Waals surface area contributed by atoms with E-state index in [-0.39, 0.29) is 17.4 Å². The number of carbonyl (C=O) groups excluding carboxylic acids is 1. The van der Waals surface area contributed by atoms with Gasteiger partial charge in [-0.1, -0.05) is 86.1 Å². The smallest absolute Gasteiger partial charge is 0.262 e. The van der Waals surface area contributed by atoms with Gasteiger partial charge < -0.3 is 19.7 Å². The fourth-order valence-electron chi connectivity index (χ4n) is 5.15. The summed E-state index contributed by atoms with van der Waals surface area (Å²) in [5.74, 6) is 1.91. The maximum absolute atomic E-state index is 13.8. The van der Waals surface area contributed by atoms with E-state index in [0.717, 1.165) is 34.6 Å². The molecular weight excluding hydrogens is 480 g/mol. The number of hydrogen-bond donors (Lipinski definition) is 1. The van der Waals surface area contributed by atoms with Gasteiger partial charge in [0.25, 0.3) is 5.91 Å². The largest absolute Gasteiger partial charge is 0.493 e. The molecule has 6 heteroatoms. The molecule has 1 aliphatic heterocycles. The van der Waals surface area contributed by atoms with Crippen molar-refractivity contribution in [1.82, 2.24) is 4.90 Å². The maximum Gasteiger partial charge on any atom is 0.262 e. The summed E-state index contributed by atoms with van der Waals surface area (Å²) in [6.45, 7) is 2.75. The summed E-state index contributed by atoms with van der Waals surface area (Å²) in [6, 6.07) is 26.3. The topological polar surface area (TPSA) is 50.8 Å². The van der Waals surface area contributed by atoms with Gasteiger partial charge in [0, 0.05) is 11.7 Å². The molecular formula is C31H34N2O3S. The third-order valence-corrected chi connectivity index (χ3v) is 8.26. The number of benzene rings is 3. The van der Waals surface area contributed by atoms with Crippen molar-refractivity contribution in [3.63, 3.8) is 0 Å². The minimum atomic E-state index is -0.137. The summed E-state index contributed by atoms with van der Waals surface area (Å²) in [4.78, 5) is 16.6. The van der Waals surface area contributed by atoms with Crippen LogP contribution in [0.5, 0.6) is 11.5 Å². The van der Waals surface area contributed by atoms with Gasteiger partial charge in [0.05, 0.1) is 12.0 Å². The first kappa shape index (κ1) is 25.3. The highest BCUT2D eigenvalue weighted by molar-refractivity contribution is 8.05. The Kier molecular flexibility index (Phi) is 8.05. The number of hydrogen-bond acceptors (Lipinski definition) is 5. The minimum absolute atomic E-state index is 0.0977. The van der Waals surface area contributed by atoms with Gasteiger partial charge in [-0.25, -0.2) is 0 Å². The molecule has 192 valence electrons. The predicted molar refractivity (Wildman–Crippen MR) is 151 cm³/mol. The lowest BCUT2D eigenvalue weighted by Gasteiger charge is -2.39. The summed E-state index contributed by atoms with van der Waals surface area (Å²) < 4.78 is 11.6. The molecule has 0 aromatic heterocycles. The molecule has 1 saturated heterocycles. The summed E-state index contributed by atoms with van der Waals surface area (Å²) >= 11 is 1.59. The quantitative estimate of drug-likeness (QED) is 0.323. The lowest BCUT2D eigenvalue weighted by atomic mass is 9.85. The molecule has 0 radical (unpaired) electrons. The first-order valence-corrected chi connectivity index (χ1v) is 13.9. The molecule has 1 unspecified atom stereocenters. The van der Waals surface area contributed by atoms with Crippen LogP contribution in [0.3, 0.4) is 0 Å². The van der Waals surface area contributed by atoms with Gasteiger partial charge in [0.2, 0.25) is 0 Å². The molecule has 1 heterocycles. The number of thioether (sulfide) groups is 1. The van der Waals surface area contributed by atoms with E-state index < -0.39 is 0 Å². The second kappa shape index (κ2) is 11.8. The summed E-state index contributed by atoms with van der Waals surface area (Å²) in [5, 5.41) is 3.60. The highest BCUT2D eigenvalue weighted by atomic mass is 32.2. The first-order valence-electron chi connectivity index (χ1n) is 13.0.